The van der Waals surface area contributed by atoms with Crippen molar-refractivity contribution in [2.45, 2.75) is 58.3 Å². The standard InChI is InChI=1S/C23H31NO/c1-3-5-6-7-8-10-19-12-14-22-18-20(13-15-21(22)17-19)11-9-16-24-23(25)4-2/h4,12-15,17-18H,2-3,5-11,16H2,1H3,(H,24,25). The third kappa shape index (κ3) is 6.74. The van der Waals surface area contributed by atoms with Gasteiger partial charge in [-0.2, -0.15) is 0 Å². The van der Waals surface area contributed by atoms with Gasteiger partial charge in [0.05, 0.1) is 0 Å². The number of unbranched alkanes of at least 4 members (excludes halogenated alkanes) is 4. The normalized spacial score (nSPS) is 10.8. The topological polar surface area (TPSA) is 29.1 Å². The number of carbonyl (C=O) groups excluding carboxylic acids is 1. The number of rotatable bonds is 11. The second kappa shape index (κ2) is 10.7. The van der Waals surface area contributed by atoms with Crippen LogP contribution < -0.4 is 5.32 Å². The fraction of sp³-hybridized carbons (Fsp3) is 0.435. The lowest BCUT2D eigenvalue weighted by molar-refractivity contribution is -0.116. The SMILES string of the molecule is C=CC(=O)NCCCc1ccc2cc(CCCCCCC)ccc2c1. The highest BCUT2D eigenvalue weighted by molar-refractivity contribution is 5.86. The second-order valence-electron chi connectivity index (χ2n) is 6.78. The van der Waals surface area contributed by atoms with Crippen LogP contribution in [0.3, 0.4) is 0 Å². The van der Waals surface area contributed by atoms with Crippen LogP contribution >= 0.6 is 0 Å². The van der Waals surface area contributed by atoms with E-state index in [4.69, 9.17) is 0 Å². The van der Waals surface area contributed by atoms with Crippen LogP contribution in [0.25, 0.3) is 10.8 Å². The molecule has 0 aromatic heterocycles. The first-order valence-corrected chi connectivity index (χ1v) is 9.64. The van der Waals surface area contributed by atoms with Gasteiger partial charge in [0.2, 0.25) is 5.91 Å². The number of aryl methyl sites for hydroxylation is 2. The lowest BCUT2D eigenvalue weighted by Crippen LogP contribution is -2.22. The number of amides is 1. The number of hydrogen-bond acceptors (Lipinski definition) is 1. The molecule has 1 N–H and O–H groups in total. The molecular weight excluding hydrogens is 306 g/mol. The van der Waals surface area contributed by atoms with Crippen LogP contribution in [0.5, 0.6) is 0 Å². The Labute approximate surface area is 152 Å². The van der Waals surface area contributed by atoms with Gasteiger partial charge >= 0.3 is 0 Å². The summed E-state index contributed by atoms with van der Waals surface area (Å²) in [4.78, 5) is 11.1. The molecule has 25 heavy (non-hydrogen) atoms. The van der Waals surface area contributed by atoms with Gasteiger partial charge in [-0.05, 0) is 53.7 Å². The fourth-order valence-corrected chi connectivity index (χ4v) is 3.16. The minimum Gasteiger partial charge on any atom is -0.353 e. The van der Waals surface area contributed by atoms with Gasteiger partial charge in [0.1, 0.15) is 0 Å². The van der Waals surface area contributed by atoms with Gasteiger partial charge in [-0.3, -0.25) is 4.79 Å². The van der Waals surface area contributed by atoms with Crippen molar-refractivity contribution in [3.63, 3.8) is 0 Å². The monoisotopic (exact) mass is 337 g/mol. The summed E-state index contributed by atoms with van der Waals surface area (Å²) >= 11 is 0. The molecular formula is C23H31NO. The van der Waals surface area contributed by atoms with E-state index in [-0.39, 0.29) is 5.91 Å². The first-order valence-electron chi connectivity index (χ1n) is 9.64. The minimum absolute atomic E-state index is 0.0965. The van der Waals surface area contributed by atoms with Gasteiger partial charge in [-0.25, -0.2) is 0 Å². The van der Waals surface area contributed by atoms with Gasteiger partial charge in [0, 0.05) is 6.54 Å². The molecule has 0 aliphatic carbocycles. The Morgan fingerprint density at radius 3 is 2.12 bits per heavy atom. The van der Waals surface area contributed by atoms with E-state index in [2.05, 4.69) is 55.2 Å². The second-order valence-corrected chi connectivity index (χ2v) is 6.78. The third-order valence-electron chi connectivity index (χ3n) is 4.66. The van der Waals surface area contributed by atoms with Gasteiger partial charge in [-0.1, -0.05) is 75.6 Å². The molecule has 2 aromatic carbocycles. The molecule has 134 valence electrons. The van der Waals surface area contributed by atoms with Crippen molar-refractivity contribution in [3.05, 3.63) is 60.2 Å². The summed E-state index contributed by atoms with van der Waals surface area (Å²) in [6.07, 6.45) is 11.1. The molecule has 0 bridgehead atoms. The summed E-state index contributed by atoms with van der Waals surface area (Å²) in [6, 6.07) is 13.6. The highest BCUT2D eigenvalue weighted by atomic mass is 16.1. The third-order valence-corrected chi connectivity index (χ3v) is 4.66. The van der Waals surface area contributed by atoms with Gasteiger partial charge in [-0.15, -0.1) is 0 Å². The molecule has 1 amide bonds. The molecule has 0 saturated heterocycles. The van der Waals surface area contributed by atoms with Crippen LogP contribution in [0.15, 0.2) is 49.1 Å². The van der Waals surface area contributed by atoms with Crippen molar-refractivity contribution in [3.8, 4) is 0 Å². The highest BCUT2D eigenvalue weighted by Gasteiger charge is 2.01. The van der Waals surface area contributed by atoms with E-state index in [9.17, 15) is 4.79 Å². The van der Waals surface area contributed by atoms with Crippen LogP contribution in [-0.4, -0.2) is 12.5 Å². The zero-order chi connectivity index (χ0) is 17.9. The molecule has 0 atom stereocenters. The highest BCUT2D eigenvalue weighted by Crippen LogP contribution is 2.20. The lowest BCUT2D eigenvalue weighted by Gasteiger charge is -2.07. The van der Waals surface area contributed by atoms with Crippen LogP contribution in [0.4, 0.5) is 0 Å². The average molecular weight is 338 g/mol. The predicted molar refractivity (Wildman–Crippen MR) is 108 cm³/mol. The molecule has 0 unspecified atom stereocenters. The van der Waals surface area contributed by atoms with Crippen molar-refractivity contribution in [1.82, 2.24) is 5.32 Å². The Morgan fingerprint density at radius 1 is 0.920 bits per heavy atom. The fourth-order valence-electron chi connectivity index (χ4n) is 3.16. The maximum Gasteiger partial charge on any atom is 0.243 e. The van der Waals surface area contributed by atoms with E-state index >= 15 is 0 Å². The Kier molecular flexibility index (Phi) is 8.24. The molecule has 0 aliphatic heterocycles. The Hall–Kier alpha value is -2.09. The zero-order valence-electron chi connectivity index (χ0n) is 15.5. The Balaban J connectivity index is 1.85. The first kappa shape index (κ1) is 19.2. The van der Waals surface area contributed by atoms with E-state index < -0.39 is 0 Å². The van der Waals surface area contributed by atoms with Crippen LogP contribution in [0, 0.1) is 0 Å². The number of hydrogen-bond donors (Lipinski definition) is 1. The Morgan fingerprint density at radius 2 is 1.52 bits per heavy atom. The molecule has 2 heteroatoms. The predicted octanol–water partition coefficient (Wildman–Crippen LogP) is 5.59. The van der Waals surface area contributed by atoms with Gasteiger partial charge in [0.25, 0.3) is 0 Å². The summed E-state index contributed by atoms with van der Waals surface area (Å²) in [5.74, 6) is -0.0965. The average Bonchev–Trinajstić information content (AvgIpc) is 2.64. The summed E-state index contributed by atoms with van der Waals surface area (Å²) in [6.45, 7) is 6.41. The van der Waals surface area contributed by atoms with Crippen molar-refractivity contribution in [2.75, 3.05) is 6.54 Å². The van der Waals surface area contributed by atoms with Crippen molar-refractivity contribution in [2.24, 2.45) is 0 Å². The van der Waals surface area contributed by atoms with Crippen LogP contribution in [0.2, 0.25) is 0 Å². The van der Waals surface area contributed by atoms with Crippen molar-refractivity contribution >= 4 is 16.7 Å². The molecule has 0 fully saturated rings. The van der Waals surface area contributed by atoms with E-state index in [0.29, 0.717) is 6.54 Å². The molecule has 0 heterocycles. The smallest absolute Gasteiger partial charge is 0.243 e. The molecule has 0 radical (unpaired) electrons. The number of benzene rings is 2. The van der Waals surface area contributed by atoms with Crippen LogP contribution in [0.1, 0.15) is 56.6 Å². The van der Waals surface area contributed by atoms with E-state index in [1.165, 1.54) is 66.5 Å². The van der Waals surface area contributed by atoms with E-state index in [1.807, 2.05) is 0 Å². The van der Waals surface area contributed by atoms with E-state index in [1.54, 1.807) is 0 Å². The maximum absolute atomic E-state index is 11.1. The largest absolute Gasteiger partial charge is 0.353 e. The molecule has 2 rings (SSSR count). The summed E-state index contributed by atoms with van der Waals surface area (Å²) in [7, 11) is 0. The first-order chi connectivity index (χ1) is 12.2. The summed E-state index contributed by atoms with van der Waals surface area (Å²) in [5.41, 5.74) is 2.77. The van der Waals surface area contributed by atoms with Gasteiger partial charge in [0.15, 0.2) is 0 Å². The quantitative estimate of drug-likeness (QED) is 0.420. The van der Waals surface area contributed by atoms with Gasteiger partial charge < -0.3 is 5.32 Å². The Bertz CT molecular complexity index is 690. The molecule has 0 aliphatic rings. The van der Waals surface area contributed by atoms with Crippen molar-refractivity contribution in [1.29, 1.82) is 0 Å². The number of nitrogens with one attached hydrogen (secondary N) is 1. The molecule has 2 aromatic rings. The number of carbonyl (C=O) groups is 1. The molecule has 0 spiro atoms. The van der Waals surface area contributed by atoms with E-state index in [0.717, 1.165) is 12.8 Å². The maximum atomic E-state index is 11.1. The molecule has 0 saturated carbocycles. The molecule has 2 nitrogen and oxygen atoms in total. The van der Waals surface area contributed by atoms with Crippen molar-refractivity contribution < 1.29 is 4.79 Å². The zero-order valence-corrected chi connectivity index (χ0v) is 15.5. The lowest BCUT2D eigenvalue weighted by atomic mass is 9.99. The summed E-state index contributed by atoms with van der Waals surface area (Å²) in [5, 5.41) is 5.46. The van der Waals surface area contributed by atoms with Crippen LogP contribution in [-0.2, 0) is 17.6 Å². The minimum atomic E-state index is -0.0965. The number of fused-ring (bicyclic) bond motifs is 1. The summed E-state index contributed by atoms with van der Waals surface area (Å²) < 4.78 is 0.